The molecule has 1 amide bonds. The lowest BCUT2D eigenvalue weighted by Gasteiger charge is -2.19. The monoisotopic (exact) mass is 260 g/mol. The molecular formula is C14H16N2O3. The van der Waals surface area contributed by atoms with Crippen LogP contribution in [0.2, 0.25) is 0 Å². The van der Waals surface area contributed by atoms with Crippen LogP contribution < -0.4 is 5.73 Å². The molecule has 0 saturated heterocycles. The lowest BCUT2D eigenvalue weighted by molar-refractivity contribution is 0.0544. The van der Waals surface area contributed by atoms with E-state index >= 15 is 0 Å². The van der Waals surface area contributed by atoms with Crippen molar-refractivity contribution in [2.45, 2.75) is 26.4 Å². The summed E-state index contributed by atoms with van der Waals surface area (Å²) >= 11 is 0. The zero-order valence-electron chi connectivity index (χ0n) is 11.1. The molecule has 5 nitrogen and oxygen atoms in total. The topological polar surface area (TPSA) is 74.3 Å². The predicted molar refractivity (Wildman–Crippen MR) is 72.1 cm³/mol. The third kappa shape index (κ3) is 2.59. The van der Waals surface area contributed by atoms with Gasteiger partial charge in [0.1, 0.15) is 5.60 Å². The largest absolute Gasteiger partial charge is 0.443 e. The van der Waals surface area contributed by atoms with E-state index in [-0.39, 0.29) is 0 Å². The van der Waals surface area contributed by atoms with Gasteiger partial charge in [-0.1, -0.05) is 18.2 Å². The van der Waals surface area contributed by atoms with Crippen molar-refractivity contribution in [3.8, 4) is 0 Å². The molecule has 1 aromatic heterocycles. The average Bonchev–Trinajstić information content (AvgIpc) is 2.66. The molecule has 19 heavy (non-hydrogen) atoms. The number of benzene rings is 1. The summed E-state index contributed by atoms with van der Waals surface area (Å²) in [5.74, 6) is -0.571. The van der Waals surface area contributed by atoms with E-state index in [1.165, 1.54) is 10.8 Å². The van der Waals surface area contributed by atoms with Crippen LogP contribution in [0.5, 0.6) is 0 Å². The van der Waals surface area contributed by atoms with Gasteiger partial charge in [-0.15, -0.1) is 0 Å². The molecule has 0 aliphatic heterocycles. The van der Waals surface area contributed by atoms with E-state index in [0.29, 0.717) is 16.5 Å². The van der Waals surface area contributed by atoms with Gasteiger partial charge in [-0.3, -0.25) is 9.36 Å². The minimum absolute atomic E-state index is 0.307. The molecule has 100 valence electrons. The van der Waals surface area contributed by atoms with E-state index in [1.807, 2.05) is 0 Å². The van der Waals surface area contributed by atoms with Gasteiger partial charge in [0, 0.05) is 11.6 Å². The van der Waals surface area contributed by atoms with Crippen molar-refractivity contribution in [3.05, 3.63) is 36.0 Å². The molecule has 0 radical (unpaired) electrons. The van der Waals surface area contributed by atoms with Crippen LogP contribution >= 0.6 is 0 Å². The lowest BCUT2D eigenvalue weighted by Crippen LogP contribution is -2.26. The average molecular weight is 260 g/mol. The van der Waals surface area contributed by atoms with E-state index in [1.54, 1.807) is 45.0 Å². The number of para-hydroxylation sites is 1. The second kappa shape index (κ2) is 4.42. The summed E-state index contributed by atoms with van der Waals surface area (Å²) in [7, 11) is 0. The number of hydrogen-bond acceptors (Lipinski definition) is 3. The molecule has 0 bridgehead atoms. The molecule has 1 heterocycles. The molecule has 0 saturated carbocycles. The van der Waals surface area contributed by atoms with Crippen molar-refractivity contribution in [3.63, 3.8) is 0 Å². The summed E-state index contributed by atoms with van der Waals surface area (Å²) in [6, 6.07) is 7.06. The fraction of sp³-hybridized carbons (Fsp3) is 0.286. The SMILES string of the molecule is CC(C)(C)OC(=O)n1cc(C(N)=O)c2ccccc21. The highest BCUT2D eigenvalue weighted by molar-refractivity contribution is 6.08. The fourth-order valence-corrected chi connectivity index (χ4v) is 1.84. The third-order valence-electron chi connectivity index (χ3n) is 2.57. The Kier molecular flexibility index (Phi) is 3.06. The highest BCUT2D eigenvalue weighted by Gasteiger charge is 2.21. The molecule has 1 aromatic carbocycles. The molecule has 5 heteroatoms. The number of hydrogen-bond donors (Lipinski definition) is 1. The number of carbonyl (C=O) groups excluding carboxylic acids is 2. The number of primary amides is 1. The van der Waals surface area contributed by atoms with Crippen LogP contribution in [0.15, 0.2) is 30.5 Å². The smallest absolute Gasteiger partial charge is 0.419 e. The van der Waals surface area contributed by atoms with E-state index in [0.717, 1.165) is 0 Å². The zero-order chi connectivity index (χ0) is 14.2. The van der Waals surface area contributed by atoms with Crippen molar-refractivity contribution in [1.82, 2.24) is 4.57 Å². The Bertz CT molecular complexity index is 650. The van der Waals surface area contributed by atoms with E-state index < -0.39 is 17.6 Å². The van der Waals surface area contributed by atoms with Gasteiger partial charge in [0.05, 0.1) is 11.1 Å². The first-order valence-corrected chi connectivity index (χ1v) is 5.93. The standard InChI is InChI=1S/C14H16N2O3/c1-14(2,3)19-13(18)16-8-10(12(15)17)9-6-4-5-7-11(9)16/h4-8H,1-3H3,(H2,15,17). The zero-order valence-corrected chi connectivity index (χ0v) is 11.1. The number of fused-ring (bicyclic) bond motifs is 1. The number of carbonyl (C=O) groups is 2. The Morgan fingerprint density at radius 1 is 1.21 bits per heavy atom. The van der Waals surface area contributed by atoms with Gasteiger partial charge in [0.15, 0.2) is 0 Å². The number of aromatic nitrogens is 1. The maximum absolute atomic E-state index is 12.1. The quantitative estimate of drug-likeness (QED) is 0.856. The van der Waals surface area contributed by atoms with Gasteiger partial charge in [-0.2, -0.15) is 0 Å². The van der Waals surface area contributed by atoms with Crippen LogP contribution in [0, 0.1) is 0 Å². The number of nitrogens with two attached hydrogens (primary N) is 1. The molecule has 0 spiro atoms. The van der Waals surface area contributed by atoms with Crippen molar-refractivity contribution in [1.29, 1.82) is 0 Å². The van der Waals surface area contributed by atoms with Crippen LogP contribution in [-0.4, -0.2) is 22.2 Å². The maximum Gasteiger partial charge on any atom is 0.419 e. The predicted octanol–water partition coefficient (Wildman–Crippen LogP) is 2.52. The van der Waals surface area contributed by atoms with Crippen LogP contribution in [0.3, 0.4) is 0 Å². The van der Waals surface area contributed by atoms with Gasteiger partial charge < -0.3 is 10.5 Å². The van der Waals surface area contributed by atoms with E-state index in [9.17, 15) is 9.59 Å². The summed E-state index contributed by atoms with van der Waals surface area (Å²) in [5, 5.41) is 0.640. The first-order chi connectivity index (χ1) is 8.79. The normalized spacial score (nSPS) is 11.5. The maximum atomic E-state index is 12.1. The molecule has 2 N–H and O–H groups in total. The third-order valence-corrected chi connectivity index (χ3v) is 2.57. The summed E-state index contributed by atoms with van der Waals surface area (Å²) in [4.78, 5) is 23.5. The summed E-state index contributed by atoms with van der Waals surface area (Å²) in [6.07, 6.45) is 0.886. The number of nitrogens with zero attached hydrogens (tertiary/aromatic N) is 1. The molecule has 2 rings (SSSR count). The second-order valence-electron chi connectivity index (χ2n) is 5.27. The van der Waals surface area contributed by atoms with Gasteiger partial charge >= 0.3 is 6.09 Å². The number of rotatable bonds is 1. The van der Waals surface area contributed by atoms with Crippen LogP contribution in [0.25, 0.3) is 10.9 Å². The first-order valence-electron chi connectivity index (χ1n) is 5.93. The Morgan fingerprint density at radius 2 is 1.84 bits per heavy atom. The Labute approximate surface area is 110 Å². The van der Waals surface area contributed by atoms with Crippen molar-refractivity contribution >= 4 is 22.9 Å². The highest BCUT2D eigenvalue weighted by Crippen LogP contribution is 2.22. The second-order valence-corrected chi connectivity index (χ2v) is 5.27. The minimum atomic E-state index is -0.602. The molecular weight excluding hydrogens is 244 g/mol. The fourth-order valence-electron chi connectivity index (χ4n) is 1.84. The van der Waals surface area contributed by atoms with Crippen LogP contribution in [-0.2, 0) is 4.74 Å². The van der Waals surface area contributed by atoms with Crippen molar-refractivity contribution < 1.29 is 14.3 Å². The Morgan fingerprint density at radius 3 is 2.42 bits per heavy atom. The molecule has 0 aliphatic rings. The molecule has 0 unspecified atom stereocenters. The van der Waals surface area contributed by atoms with Gasteiger partial charge in [0.2, 0.25) is 0 Å². The van der Waals surface area contributed by atoms with Crippen molar-refractivity contribution in [2.75, 3.05) is 0 Å². The van der Waals surface area contributed by atoms with Gasteiger partial charge in [-0.25, -0.2) is 4.79 Å². The van der Waals surface area contributed by atoms with Gasteiger partial charge in [-0.05, 0) is 26.8 Å². The van der Waals surface area contributed by atoms with Crippen LogP contribution in [0.4, 0.5) is 4.79 Å². The molecule has 2 aromatic rings. The minimum Gasteiger partial charge on any atom is -0.443 e. The molecule has 0 aliphatic carbocycles. The summed E-state index contributed by atoms with van der Waals surface area (Å²) in [5.41, 5.74) is 5.62. The highest BCUT2D eigenvalue weighted by atomic mass is 16.6. The number of amides is 1. The molecule has 0 fully saturated rings. The summed E-state index contributed by atoms with van der Waals surface area (Å²) in [6.45, 7) is 5.35. The number of ether oxygens (including phenoxy) is 1. The summed E-state index contributed by atoms with van der Waals surface area (Å²) < 4.78 is 6.60. The molecule has 0 atom stereocenters. The van der Waals surface area contributed by atoms with Crippen molar-refractivity contribution in [2.24, 2.45) is 5.73 Å². The van der Waals surface area contributed by atoms with Gasteiger partial charge in [0.25, 0.3) is 5.91 Å². The Balaban J connectivity index is 2.55. The van der Waals surface area contributed by atoms with Crippen LogP contribution in [0.1, 0.15) is 31.1 Å². The first kappa shape index (κ1) is 13.1. The van der Waals surface area contributed by atoms with E-state index in [4.69, 9.17) is 10.5 Å². The Hall–Kier alpha value is -2.30. The van der Waals surface area contributed by atoms with E-state index in [2.05, 4.69) is 0 Å². The lowest BCUT2D eigenvalue weighted by atomic mass is 10.2.